The number of fused-ring (bicyclic) bond motifs is 6. The van der Waals surface area contributed by atoms with E-state index in [0.29, 0.717) is 0 Å². The molecule has 0 saturated carbocycles. The molecule has 0 spiro atoms. The minimum absolute atomic E-state index is 1.10. The molecule has 0 N–H and O–H groups in total. The van der Waals surface area contributed by atoms with Gasteiger partial charge in [-0.25, -0.2) is 0 Å². The van der Waals surface area contributed by atoms with Crippen molar-refractivity contribution < 1.29 is 0 Å². The van der Waals surface area contributed by atoms with Crippen LogP contribution in [0.5, 0.6) is 0 Å². The van der Waals surface area contributed by atoms with Crippen LogP contribution < -0.4 is 0 Å². The molecule has 2 nitrogen and oxygen atoms in total. The van der Waals surface area contributed by atoms with Crippen molar-refractivity contribution in [2.45, 2.75) is 0 Å². The number of para-hydroxylation sites is 3. The maximum absolute atomic E-state index is 4.10. The molecule has 2 heterocycles. The molecular formula is C29H20N2. The molecule has 0 bridgehead atoms. The molecule has 0 amide bonds. The zero-order chi connectivity index (χ0) is 20.9. The second-order valence-corrected chi connectivity index (χ2v) is 7.70. The van der Waals surface area contributed by atoms with E-state index in [-0.39, 0.29) is 0 Å². The van der Waals surface area contributed by atoms with Gasteiger partial charge in [-0.15, -0.1) is 5.73 Å². The first kappa shape index (κ1) is 17.6. The van der Waals surface area contributed by atoms with Crippen LogP contribution in [0.2, 0.25) is 0 Å². The normalized spacial score (nSPS) is 12.8. The first-order chi connectivity index (χ1) is 15.3. The van der Waals surface area contributed by atoms with E-state index in [2.05, 4.69) is 107 Å². The summed E-state index contributed by atoms with van der Waals surface area (Å²) in [6.07, 6.45) is 10.2. The molecule has 5 aromatic rings. The molecule has 31 heavy (non-hydrogen) atoms. The van der Waals surface area contributed by atoms with Gasteiger partial charge >= 0.3 is 0 Å². The largest absolute Gasteiger partial charge is 0.316 e. The van der Waals surface area contributed by atoms with E-state index < -0.39 is 0 Å². The smallest absolute Gasteiger partial charge is 0.0613 e. The number of hydrogen-bond donors (Lipinski definition) is 0. The van der Waals surface area contributed by atoms with E-state index in [0.717, 1.165) is 27.9 Å². The van der Waals surface area contributed by atoms with E-state index in [1.165, 1.54) is 27.2 Å². The fourth-order valence-electron chi connectivity index (χ4n) is 4.84. The van der Waals surface area contributed by atoms with Crippen LogP contribution in [0.15, 0.2) is 91.7 Å². The Morgan fingerprint density at radius 2 is 1.35 bits per heavy atom. The average molecular weight is 396 g/mol. The Morgan fingerprint density at radius 1 is 0.677 bits per heavy atom. The monoisotopic (exact) mass is 396 g/mol. The number of rotatable bonds is 3. The summed E-state index contributed by atoms with van der Waals surface area (Å²) in [5.74, 6) is 0. The summed E-state index contributed by atoms with van der Waals surface area (Å²) in [7, 11) is 0. The highest BCUT2D eigenvalue weighted by Gasteiger charge is 2.17. The van der Waals surface area contributed by atoms with Crippen molar-refractivity contribution in [2.24, 2.45) is 0 Å². The number of nitrogens with zero attached hydrogens (tertiary/aromatic N) is 2. The Hall–Kier alpha value is -4.26. The Kier molecular flexibility index (Phi) is 3.76. The third kappa shape index (κ3) is 2.40. The van der Waals surface area contributed by atoms with E-state index in [4.69, 9.17) is 0 Å². The van der Waals surface area contributed by atoms with Gasteiger partial charge in [-0.05, 0) is 29.9 Å². The van der Waals surface area contributed by atoms with E-state index in [9.17, 15) is 0 Å². The van der Waals surface area contributed by atoms with Gasteiger partial charge in [0, 0.05) is 45.8 Å². The van der Waals surface area contributed by atoms with Gasteiger partial charge in [0.15, 0.2) is 0 Å². The molecule has 2 aromatic heterocycles. The topological polar surface area (TPSA) is 9.86 Å². The summed E-state index contributed by atoms with van der Waals surface area (Å²) in [6.45, 7) is 8.12. The third-order valence-corrected chi connectivity index (χ3v) is 6.15. The number of allylic oxidation sites excluding steroid dienone is 2. The summed E-state index contributed by atoms with van der Waals surface area (Å²) in [5, 5.41) is 3.67. The fourth-order valence-corrected chi connectivity index (χ4v) is 4.84. The predicted octanol–water partition coefficient (Wildman–Crippen LogP) is 7.67. The zero-order valence-corrected chi connectivity index (χ0v) is 17.0. The maximum atomic E-state index is 4.10. The zero-order valence-electron chi connectivity index (χ0n) is 17.0. The van der Waals surface area contributed by atoms with Crippen molar-refractivity contribution >= 4 is 62.8 Å². The lowest BCUT2D eigenvalue weighted by Gasteiger charge is -2.08. The SMILES string of the molecule is C=Cn1c2c(c3ccccc31)C=C(c1cccc3c4ccccc4n(C=C)c13)C=C=C2. The van der Waals surface area contributed by atoms with Gasteiger partial charge < -0.3 is 9.13 Å². The summed E-state index contributed by atoms with van der Waals surface area (Å²) < 4.78 is 4.32. The average Bonchev–Trinajstić information content (AvgIpc) is 3.20. The lowest BCUT2D eigenvalue weighted by Crippen LogP contribution is -1.91. The molecule has 1 aliphatic rings. The first-order valence-corrected chi connectivity index (χ1v) is 10.4. The summed E-state index contributed by atoms with van der Waals surface area (Å²) in [5.41, 5.74) is 11.5. The minimum atomic E-state index is 1.10. The Labute approximate surface area is 180 Å². The minimum Gasteiger partial charge on any atom is -0.316 e. The third-order valence-electron chi connectivity index (χ3n) is 6.15. The van der Waals surface area contributed by atoms with Gasteiger partial charge in [0.2, 0.25) is 0 Å². The lowest BCUT2D eigenvalue weighted by atomic mass is 9.99. The van der Waals surface area contributed by atoms with Crippen molar-refractivity contribution in [3.05, 3.63) is 109 Å². The highest BCUT2D eigenvalue weighted by atomic mass is 15.0. The Bertz CT molecular complexity index is 1640. The Balaban J connectivity index is 1.72. The Morgan fingerprint density at radius 3 is 2.13 bits per heavy atom. The van der Waals surface area contributed by atoms with E-state index >= 15 is 0 Å². The molecule has 2 heteroatoms. The molecule has 0 unspecified atom stereocenters. The van der Waals surface area contributed by atoms with Crippen LogP contribution in [-0.4, -0.2) is 9.13 Å². The molecule has 1 aliphatic carbocycles. The molecular weight excluding hydrogens is 376 g/mol. The summed E-state index contributed by atoms with van der Waals surface area (Å²) >= 11 is 0. The van der Waals surface area contributed by atoms with Crippen LogP contribution >= 0.6 is 0 Å². The highest BCUT2D eigenvalue weighted by molar-refractivity contribution is 6.14. The van der Waals surface area contributed by atoms with Gasteiger partial charge in [-0.2, -0.15) is 0 Å². The standard InChI is InChI=1S/C29H20N2/c1-3-30-26-16-7-6-13-23(26)25-19-20(11-9-18-28(25)30)21-14-10-15-24-22-12-5-8-17-27(22)31(4-2)29(21)24/h3-8,10-19H,1-2H2. The summed E-state index contributed by atoms with van der Waals surface area (Å²) in [6, 6.07) is 23.4. The first-order valence-electron chi connectivity index (χ1n) is 10.4. The number of aromatic nitrogens is 2. The molecule has 0 aliphatic heterocycles. The second kappa shape index (κ2) is 6.63. The molecule has 3 aromatic carbocycles. The molecule has 0 atom stereocenters. The van der Waals surface area contributed by atoms with Crippen LogP contribution in [0.4, 0.5) is 0 Å². The van der Waals surface area contributed by atoms with Gasteiger partial charge in [-0.3, -0.25) is 0 Å². The van der Waals surface area contributed by atoms with Crippen LogP contribution in [0.25, 0.3) is 62.8 Å². The van der Waals surface area contributed by atoms with Gasteiger partial charge in [-0.1, -0.05) is 67.8 Å². The van der Waals surface area contributed by atoms with Crippen LogP contribution in [0.3, 0.4) is 0 Å². The molecule has 0 fully saturated rings. The molecule has 146 valence electrons. The van der Waals surface area contributed by atoms with Crippen molar-refractivity contribution in [3.8, 4) is 0 Å². The van der Waals surface area contributed by atoms with Crippen LogP contribution in [0, 0.1) is 0 Å². The highest BCUT2D eigenvalue weighted by Crippen LogP contribution is 2.38. The maximum Gasteiger partial charge on any atom is 0.0613 e. The van der Waals surface area contributed by atoms with Crippen LogP contribution in [0.1, 0.15) is 16.8 Å². The number of benzene rings is 3. The van der Waals surface area contributed by atoms with Crippen LogP contribution in [-0.2, 0) is 0 Å². The lowest BCUT2D eigenvalue weighted by molar-refractivity contribution is 1.20. The number of hydrogen-bond acceptors (Lipinski definition) is 0. The second-order valence-electron chi connectivity index (χ2n) is 7.70. The quantitative estimate of drug-likeness (QED) is 0.277. The molecule has 6 rings (SSSR count). The van der Waals surface area contributed by atoms with Gasteiger partial charge in [0.25, 0.3) is 0 Å². The summed E-state index contributed by atoms with van der Waals surface area (Å²) in [4.78, 5) is 0. The van der Waals surface area contributed by atoms with Crippen molar-refractivity contribution in [2.75, 3.05) is 0 Å². The molecule has 0 radical (unpaired) electrons. The molecule has 0 saturated heterocycles. The van der Waals surface area contributed by atoms with Gasteiger partial charge in [0.1, 0.15) is 0 Å². The van der Waals surface area contributed by atoms with E-state index in [1.54, 1.807) is 0 Å². The van der Waals surface area contributed by atoms with Crippen molar-refractivity contribution in [1.82, 2.24) is 9.13 Å². The fraction of sp³-hybridized carbons (Fsp3) is 0. The van der Waals surface area contributed by atoms with E-state index in [1.807, 2.05) is 18.5 Å². The van der Waals surface area contributed by atoms with Crippen molar-refractivity contribution in [3.63, 3.8) is 0 Å². The predicted molar refractivity (Wildman–Crippen MR) is 135 cm³/mol. The van der Waals surface area contributed by atoms with Gasteiger partial charge in [0.05, 0.1) is 22.2 Å². The van der Waals surface area contributed by atoms with Crippen molar-refractivity contribution in [1.29, 1.82) is 0 Å².